The van der Waals surface area contributed by atoms with E-state index in [0.717, 1.165) is 12.1 Å². The Hall–Kier alpha value is -4.06. The molecule has 0 heterocycles. The summed E-state index contributed by atoms with van der Waals surface area (Å²) in [4.78, 5) is 29.1. The summed E-state index contributed by atoms with van der Waals surface area (Å²) in [6.45, 7) is 0.932. The molecule has 0 radical (unpaired) electrons. The molecule has 1 atom stereocenters. The lowest BCUT2D eigenvalue weighted by molar-refractivity contribution is -0.140. The van der Waals surface area contributed by atoms with Gasteiger partial charge >= 0.3 is 6.18 Å². The number of halogens is 5. The second-order valence-corrected chi connectivity index (χ2v) is 13.3. The van der Waals surface area contributed by atoms with Crippen molar-refractivity contribution >= 4 is 50.7 Å². The number of sulfonamides is 1. The third-order valence-electron chi connectivity index (χ3n) is 7.28. The Morgan fingerprint density at radius 1 is 0.851 bits per heavy atom. The average Bonchev–Trinajstić information content (AvgIpc) is 3.05. The highest BCUT2D eigenvalue weighted by molar-refractivity contribution is 7.92. The predicted molar refractivity (Wildman–Crippen MR) is 177 cm³/mol. The predicted octanol–water partition coefficient (Wildman–Crippen LogP) is 7.37. The summed E-state index contributed by atoms with van der Waals surface area (Å²) in [5.74, 6) is -1.38. The van der Waals surface area contributed by atoms with Crippen molar-refractivity contribution in [2.24, 2.45) is 0 Å². The molecule has 4 aromatic rings. The van der Waals surface area contributed by atoms with Gasteiger partial charge in [0.25, 0.3) is 10.0 Å². The van der Waals surface area contributed by atoms with Gasteiger partial charge in [-0.05, 0) is 54.4 Å². The number of anilines is 1. The number of carbonyl (C=O) groups excluding carboxylic acids is 2. The molecule has 0 saturated heterocycles. The van der Waals surface area contributed by atoms with E-state index in [1.165, 1.54) is 35.2 Å². The molecule has 0 unspecified atom stereocenters. The first-order chi connectivity index (χ1) is 22.3. The number of nitrogens with zero attached hydrogens (tertiary/aromatic N) is 2. The van der Waals surface area contributed by atoms with Crippen LogP contribution in [-0.4, -0.2) is 44.3 Å². The highest BCUT2D eigenvalue weighted by atomic mass is 35.5. The average molecular weight is 707 g/mol. The number of benzene rings is 4. The van der Waals surface area contributed by atoms with Gasteiger partial charge in [-0.1, -0.05) is 90.8 Å². The van der Waals surface area contributed by atoms with Crippen LogP contribution >= 0.6 is 23.2 Å². The van der Waals surface area contributed by atoms with E-state index in [0.29, 0.717) is 34.5 Å². The Bertz CT molecular complexity index is 1770. The lowest BCUT2D eigenvalue weighted by Crippen LogP contribution is -2.53. The zero-order valence-corrected chi connectivity index (χ0v) is 27.6. The van der Waals surface area contributed by atoms with E-state index in [9.17, 15) is 31.2 Å². The molecule has 248 valence electrons. The van der Waals surface area contributed by atoms with Crippen molar-refractivity contribution in [3.63, 3.8) is 0 Å². The first kappa shape index (κ1) is 35.8. The lowest BCUT2D eigenvalue weighted by atomic mass is 10.0. The van der Waals surface area contributed by atoms with Gasteiger partial charge in [-0.3, -0.25) is 13.9 Å². The van der Waals surface area contributed by atoms with Crippen molar-refractivity contribution in [1.29, 1.82) is 0 Å². The molecule has 2 amide bonds. The highest BCUT2D eigenvalue weighted by Gasteiger charge is 2.36. The van der Waals surface area contributed by atoms with Crippen molar-refractivity contribution in [2.75, 3.05) is 17.4 Å². The number of amides is 2. The molecule has 4 aromatic carbocycles. The van der Waals surface area contributed by atoms with Crippen LogP contribution in [0.15, 0.2) is 108 Å². The van der Waals surface area contributed by atoms with Crippen LogP contribution in [0.2, 0.25) is 10.0 Å². The molecule has 0 aliphatic heterocycles. The zero-order valence-electron chi connectivity index (χ0n) is 25.3. The van der Waals surface area contributed by atoms with Gasteiger partial charge in [0, 0.05) is 35.1 Å². The fourth-order valence-corrected chi connectivity index (χ4v) is 6.80. The van der Waals surface area contributed by atoms with Crippen LogP contribution in [0.4, 0.5) is 18.9 Å². The lowest BCUT2D eigenvalue weighted by Gasteiger charge is -2.34. The summed E-state index contributed by atoms with van der Waals surface area (Å²) in [5.41, 5.74) is -0.472. The maximum absolute atomic E-state index is 14.5. The van der Waals surface area contributed by atoms with E-state index in [-0.39, 0.29) is 33.6 Å². The van der Waals surface area contributed by atoms with Crippen molar-refractivity contribution in [3.05, 3.63) is 130 Å². The molecule has 4 rings (SSSR count). The van der Waals surface area contributed by atoms with Gasteiger partial charge < -0.3 is 10.2 Å². The van der Waals surface area contributed by atoms with Gasteiger partial charge in [-0.2, -0.15) is 13.2 Å². The summed E-state index contributed by atoms with van der Waals surface area (Å²) in [6, 6.07) is 23.2. The number of carbonyl (C=O) groups is 2. The van der Waals surface area contributed by atoms with Crippen LogP contribution in [-0.2, 0) is 38.8 Å². The summed E-state index contributed by atoms with van der Waals surface area (Å²) in [6.07, 6.45) is -4.14. The Kier molecular flexibility index (Phi) is 11.9. The molecular formula is C34H32Cl2F3N3O4S. The largest absolute Gasteiger partial charge is 0.416 e. The fraction of sp³-hybridized carbons (Fsp3) is 0.235. The first-order valence-electron chi connectivity index (χ1n) is 14.6. The van der Waals surface area contributed by atoms with Crippen LogP contribution in [0.3, 0.4) is 0 Å². The van der Waals surface area contributed by atoms with Crippen molar-refractivity contribution in [1.82, 2.24) is 10.2 Å². The molecule has 0 saturated carbocycles. The molecule has 47 heavy (non-hydrogen) atoms. The number of nitrogens with one attached hydrogen (secondary N) is 1. The standard InChI is InChI=1S/C34H32Cl2F3N3O4S/c1-2-19-40-33(44)31(20-24-11-5-3-6-12-24)41(22-28-29(35)17-10-18-30(28)36)32(43)23-42(47(45,46)27-15-7-4-8-16-27)26-14-9-13-25(21-26)34(37,38)39/h3-18,21,31H,2,19-20,22-23H2,1H3,(H,40,44)/t31-/m0/s1. The molecule has 7 nitrogen and oxygen atoms in total. The summed E-state index contributed by atoms with van der Waals surface area (Å²) in [5, 5.41) is 3.22. The minimum Gasteiger partial charge on any atom is -0.354 e. The molecular weight excluding hydrogens is 674 g/mol. The molecule has 13 heteroatoms. The SMILES string of the molecule is CCCNC(=O)[C@H](Cc1ccccc1)N(Cc1c(Cl)cccc1Cl)C(=O)CN(c1cccc(C(F)(F)F)c1)S(=O)(=O)c1ccccc1. The third kappa shape index (κ3) is 9.06. The first-order valence-corrected chi connectivity index (χ1v) is 16.8. The molecule has 0 aromatic heterocycles. The van der Waals surface area contributed by atoms with Crippen LogP contribution in [0.1, 0.15) is 30.0 Å². The minimum absolute atomic E-state index is 0.0409. The van der Waals surface area contributed by atoms with E-state index in [1.54, 1.807) is 54.6 Å². The summed E-state index contributed by atoms with van der Waals surface area (Å²) in [7, 11) is -4.59. The van der Waals surface area contributed by atoms with E-state index < -0.39 is 46.2 Å². The monoisotopic (exact) mass is 705 g/mol. The second kappa shape index (κ2) is 15.7. The van der Waals surface area contributed by atoms with E-state index in [2.05, 4.69) is 5.32 Å². The number of hydrogen-bond acceptors (Lipinski definition) is 4. The normalized spacial score (nSPS) is 12.3. The molecule has 0 aliphatic carbocycles. The Balaban J connectivity index is 1.86. The quantitative estimate of drug-likeness (QED) is 0.157. The van der Waals surface area contributed by atoms with E-state index >= 15 is 0 Å². The Morgan fingerprint density at radius 2 is 1.45 bits per heavy atom. The smallest absolute Gasteiger partial charge is 0.354 e. The van der Waals surface area contributed by atoms with Gasteiger partial charge in [0.1, 0.15) is 12.6 Å². The minimum atomic E-state index is -4.78. The van der Waals surface area contributed by atoms with Gasteiger partial charge in [0.05, 0.1) is 16.1 Å². The highest BCUT2D eigenvalue weighted by Crippen LogP contribution is 2.34. The Labute approximate surface area is 282 Å². The van der Waals surface area contributed by atoms with Gasteiger partial charge in [-0.25, -0.2) is 8.42 Å². The third-order valence-corrected chi connectivity index (χ3v) is 9.78. The molecule has 0 aliphatic rings. The molecule has 0 spiro atoms. The van der Waals surface area contributed by atoms with E-state index in [1.807, 2.05) is 6.92 Å². The van der Waals surface area contributed by atoms with Crippen LogP contribution in [0.5, 0.6) is 0 Å². The molecule has 0 bridgehead atoms. The van der Waals surface area contributed by atoms with E-state index in [4.69, 9.17) is 23.2 Å². The number of alkyl halides is 3. The van der Waals surface area contributed by atoms with Crippen LogP contribution in [0.25, 0.3) is 0 Å². The summed E-state index contributed by atoms with van der Waals surface area (Å²) < 4.78 is 69.9. The number of rotatable bonds is 13. The fourth-order valence-electron chi connectivity index (χ4n) is 4.86. The maximum atomic E-state index is 14.5. The van der Waals surface area contributed by atoms with Crippen molar-refractivity contribution in [2.45, 2.75) is 43.4 Å². The molecule has 1 N–H and O–H groups in total. The van der Waals surface area contributed by atoms with Gasteiger partial charge in [0.2, 0.25) is 11.8 Å². The number of hydrogen-bond donors (Lipinski definition) is 1. The van der Waals surface area contributed by atoms with Crippen LogP contribution in [0, 0.1) is 0 Å². The van der Waals surface area contributed by atoms with Gasteiger partial charge in [-0.15, -0.1) is 0 Å². The van der Waals surface area contributed by atoms with Gasteiger partial charge in [0.15, 0.2) is 0 Å². The molecule has 0 fully saturated rings. The maximum Gasteiger partial charge on any atom is 0.416 e. The zero-order chi connectivity index (χ0) is 34.2. The van der Waals surface area contributed by atoms with Crippen molar-refractivity contribution < 1.29 is 31.2 Å². The Morgan fingerprint density at radius 3 is 2.04 bits per heavy atom. The summed E-state index contributed by atoms with van der Waals surface area (Å²) >= 11 is 13.0. The van der Waals surface area contributed by atoms with Crippen LogP contribution < -0.4 is 9.62 Å². The topological polar surface area (TPSA) is 86.8 Å². The van der Waals surface area contributed by atoms with Crippen molar-refractivity contribution in [3.8, 4) is 0 Å². The second-order valence-electron chi connectivity index (χ2n) is 10.6.